The number of carbonyl (C=O) groups excluding carboxylic acids is 1. The first-order valence-corrected chi connectivity index (χ1v) is 8.11. The first-order chi connectivity index (χ1) is 11.4. The molecule has 0 aliphatic rings. The maximum Gasteiger partial charge on any atom is 0.308 e. The molecule has 0 fully saturated rings. The quantitative estimate of drug-likeness (QED) is 0.809. The average Bonchev–Trinajstić information content (AvgIpc) is 2.53. The van der Waals surface area contributed by atoms with Crippen LogP contribution in [0.1, 0.15) is 16.7 Å². The van der Waals surface area contributed by atoms with Gasteiger partial charge >= 0.3 is 5.97 Å². The molecule has 2 N–H and O–H groups in total. The zero-order valence-corrected chi connectivity index (χ0v) is 14.2. The van der Waals surface area contributed by atoms with Gasteiger partial charge in [0.05, 0.1) is 12.3 Å². The Morgan fingerprint density at radius 1 is 1.12 bits per heavy atom. The van der Waals surface area contributed by atoms with E-state index in [-0.39, 0.29) is 18.9 Å². The second-order valence-corrected chi connectivity index (χ2v) is 6.27. The number of aryl methyl sites for hydroxylation is 1. The van der Waals surface area contributed by atoms with Crippen molar-refractivity contribution in [2.75, 3.05) is 6.54 Å². The van der Waals surface area contributed by atoms with Gasteiger partial charge in [-0.3, -0.25) is 9.59 Å². The highest BCUT2D eigenvalue weighted by Crippen LogP contribution is 2.12. The molecule has 4 nitrogen and oxygen atoms in total. The maximum absolute atomic E-state index is 12.0. The number of aliphatic carboxylic acids is 1. The van der Waals surface area contributed by atoms with E-state index in [0.717, 1.165) is 16.7 Å². The summed E-state index contributed by atoms with van der Waals surface area (Å²) in [5.74, 6) is -1.77. The number of benzene rings is 2. The van der Waals surface area contributed by atoms with Gasteiger partial charge in [-0.15, -0.1) is 0 Å². The van der Waals surface area contributed by atoms with Crippen molar-refractivity contribution in [1.29, 1.82) is 0 Å². The molecule has 0 spiro atoms. The van der Waals surface area contributed by atoms with Gasteiger partial charge < -0.3 is 10.4 Å². The van der Waals surface area contributed by atoms with Crippen LogP contribution >= 0.6 is 11.6 Å². The van der Waals surface area contributed by atoms with Crippen molar-refractivity contribution >= 4 is 23.5 Å². The van der Waals surface area contributed by atoms with Crippen molar-refractivity contribution in [1.82, 2.24) is 5.32 Å². The smallest absolute Gasteiger partial charge is 0.308 e. The van der Waals surface area contributed by atoms with Gasteiger partial charge in [0.1, 0.15) is 0 Å². The lowest BCUT2D eigenvalue weighted by molar-refractivity contribution is -0.141. The van der Waals surface area contributed by atoms with E-state index in [1.165, 1.54) is 0 Å². The van der Waals surface area contributed by atoms with Crippen LogP contribution in [0.4, 0.5) is 0 Å². The molecule has 0 aliphatic carbocycles. The summed E-state index contributed by atoms with van der Waals surface area (Å²) in [6.07, 6.45) is 0.589. The van der Waals surface area contributed by atoms with E-state index in [1.807, 2.05) is 31.2 Å². The lowest BCUT2D eigenvalue weighted by Gasteiger charge is -2.14. The number of nitrogens with one attached hydrogen (secondary N) is 1. The predicted molar refractivity (Wildman–Crippen MR) is 94.2 cm³/mol. The summed E-state index contributed by atoms with van der Waals surface area (Å²) >= 11 is 5.81. The normalized spacial score (nSPS) is 11.8. The highest BCUT2D eigenvalue weighted by molar-refractivity contribution is 6.30. The Kier molecular flexibility index (Phi) is 6.38. The summed E-state index contributed by atoms with van der Waals surface area (Å²) < 4.78 is 0. The lowest BCUT2D eigenvalue weighted by Crippen LogP contribution is -2.34. The number of rotatable bonds is 7. The van der Waals surface area contributed by atoms with Gasteiger partial charge in [-0.05, 0) is 36.6 Å². The van der Waals surface area contributed by atoms with Crippen molar-refractivity contribution in [2.24, 2.45) is 5.92 Å². The number of carbonyl (C=O) groups is 2. The van der Waals surface area contributed by atoms with Gasteiger partial charge in [0.2, 0.25) is 5.91 Å². The molecule has 0 heterocycles. The molecule has 1 atom stereocenters. The molecule has 2 aromatic rings. The second-order valence-electron chi connectivity index (χ2n) is 5.84. The zero-order valence-electron chi connectivity index (χ0n) is 13.5. The number of halogens is 1. The molecule has 0 saturated heterocycles. The van der Waals surface area contributed by atoms with Gasteiger partial charge in [0.15, 0.2) is 0 Å². The standard InChI is InChI=1S/C19H20ClNO3/c1-13-3-2-4-15(9-13)10-16(19(23)24)12-21-18(22)11-14-5-7-17(20)8-6-14/h2-9,16H,10-12H2,1H3,(H,21,22)(H,23,24). The number of carboxylic acid groups (broad SMARTS) is 1. The molecule has 0 aromatic heterocycles. The van der Waals surface area contributed by atoms with Crippen molar-refractivity contribution < 1.29 is 14.7 Å². The minimum absolute atomic E-state index is 0.107. The first-order valence-electron chi connectivity index (χ1n) is 7.73. The summed E-state index contributed by atoms with van der Waals surface area (Å²) in [6.45, 7) is 2.07. The topological polar surface area (TPSA) is 66.4 Å². The Balaban J connectivity index is 1.90. The molecule has 1 unspecified atom stereocenters. The highest BCUT2D eigenvalue weighted by Gasteiger charge is 2.19. The zero-order chi connectivity index (χ0) is 17.5. The van der Waals surface area contributed by atoms with E-state index in [0.29, 0.717) is 11.4 Å². The Bertz CT molecular complexity index is 713. The van der Waals surface area contributed by atoms with Crippen molar-refractivity contribution in [3.8, 4) is 0 Å². The summed E-state index contributed by atoms with van der Waals surface area (Å²) in [4.78, 5) is 23.4. The van der Waals surface area contributed by atoms with Gasteiger partial charge in [0, 0.05) is 11.6 Å². The molecule has 2 rings (SSSR count). The molecule has 126 valence electrons. The molecule has 0 aliphatic heterocycles. The third kappa shape index (κ3) is 5.70. The maximum atomic E-state index is 12.0. The van der Waals surface area contributed by atoms with Crippen molar-refractivity contribution in [3.63, 3.8) is 0 Å². The average molecular weight is 346 g/mol. The third-order valence-corrected chi connectivity index (χ3v) is 3.99. The van der Waals surface area contributed by atoms with Crippen LogP contribution in [0.25, 0.3) is 0 Å². The van der Waals surface area contributed by atoms with Gasteiger partial charge in [-0.1, -0.05) is 53.6 Å². The first kappa shape index (κ1) is 18.0. The second kappa shape index (κ2) is 8.50. The minimum Gasteiger partial charge on any atom is -0.481 e. The summed E-state index contributed by atoms with van der Waals surface area (Å²) in [5, 5.41) is 12.7. The minimum atomic E-state index is -0.914. The predicted octanol–water partition coefficient (Wildman–Crippen LogP) is 3.25. The van der Waals surface area contributed by atoms with E-state index in [9.17, 15) is 14.7 Å². The van der Waals surface area contributed by atoms with Crippen LogP contribution < -0.4 is 5.32 Å². The molecule has 0 saturated carbocycles. The van der Waals surface area contributed by atoms with E-state index in [1.54, 1.807) is 24.3 Å². The molecule has 5 heteroatoms. The summed E-state index contributed by atoms with van der Waals surface area (Å²) in [5.41, 5.74) is 2.88. The summed E-state index contributed by atoms with van der Waals surface area (Å²) in [7, 11) is 0. The fourth-order valence-corrected chi connectivity index (χ4v) is 2.58. The molecule has 1 amide bonds. The highest BCUT2D eigenvalue weighted by atomic mass is 35.5. The van der Waals surface area contributed by atoms with Crippen molar-refractivity contribution in [3.05, 3.63) is 70.2 Å². The van der Waals surface area contributed by atoms with Crippen LogP contribution in [0.15, 0.2) is 48.5 Å². The van der Waals surface area contributed by atoms with Gasteiger partial charge in [0.25, 0.3) is 0 Å². The van der Waals surface area contributed by atoms with Crippen molar-refractivity contribution in [2.45, 2.75) is 19.8 Å². The van der Waals surface area contributed by atoms with Gasteiger partial charge in [-0.25, -0.2) is 0 Å². The fourth-order valence-electron chi connectivity index (χ4n) is 2.46. The lowest BCUT2D eigenvalue weighted by atomic mass is 9.98. The fraction of sp³-hybridized carbons (Fsp3) is 0.263. The molecular formula is C19H20ClNO3. The number of hydrogen-bond acceptors (Lipinski definition) is 2. The van der Waals surface area contributed by atoms with Crippen LogP contribution in [0, 0.1) is 12.8 Å². The largest absolute Gasteiger partial charge is 0.481 e. The number of carboxylic acids is 1. The van der Waals surface area contributed by atoms with E-state index < -0.39 is 11.9 Å². The third-order valence-electron chi connectivity index (χ3n) is 3.74. The molecule has 24 heavy (non-hydrogen) atoms. The van der Waals surface area contributed by atoms with E-state index in [2.05, 4.69) is 5.32 Å². The van der Waals surface area contributed by atoms with Crippen LogP contribution in [0.3, 0.4) is 0 Å². The Morgan fingerprint density at radius 3 is 2.46 bits per heavy atom. The van der Waals surface area contributed by atoms with Crippen LogP contribution in [0.2, 0.25) is 5.02 Å². The van der Waals surface area contributed by atoms with Gasteiger partial charge in [-0.2, -0.15) is 0 Å². The molecule has 0 bridgehead atoms. The van der Waals surface area contributed by atoms with E-state index >= 15 is 0 Å². The Labute approximate surface area is 146 Å². The van der Waals surface area contributed by atoms with E-state index in [4.69, 9.17) is 11.6 Å². The number of hydrogen-bond donors (Lipinski definition) is 2. The molecular weight excluding hydrogens is 326 g/mol. The summed E-state index contributed by atoms with van der Waals surface area (Å²) in [6, 6.07) is 14.7. The van der Waals surface area contributed by atoms with Crippen LogP contribution in [-0.2, 0) is 22.4 Å². The van der Waals surface area contributed by atoms with Crippen LogP contribution in [-0.4, -0.2) is 23.5 Å². The SMILES string of the molecule is Cc1cccc(CC(CNC(=O)Cc2ccc(Cl)cc2)C(=O)O)c1. The Hall–Kier alpha value is -2.33. The van der Waals surface area contributed by atoms with Crippen LogP contribution in [0.5, 0.6) is 0 Å². The Morgan fingerprint density at radius 2 is 1.83 bits per heavy atom. The molecule has 0 radical (unpaired) electrons. The monoisotopic (exact) mass is 345 g/mol. The number of amides is 1. The molecule has 2 aromatic carbocycles.